The maximum Gasteiger partial charge on any atom is 0.306 e. The number of nitrogens with zero attached hydrogens (tertiary/aromatic N) is 1. The summed E-state index contributed by atoms with van der Waals surface area (Å²) in [5.41, 5.74) is 0. The number of carbonyl (C=O) groups excluding carboxylic acids is 2. The lowest BCUT2D eigenvalue weighted by Gasteiger charge is -2.30. The quantitative estimate of drug-likeness (QED) is 0.0212. The van der Waals surface area contributed by atoms with Crippen LogP contribution in [-0.4, -0.2) is 69.4 Å². The number of phosphoric ester groups is 1. The molecule has 10 heteroatoms. The second-order valence-corrected chi connectivity index (χ2v) is 28.9. The molecular weight excluding hydrogens is 1120 g/mol. The number of nitrogens with one attached hydrogen (secondary N) is 1. The molecule has 0 heterocycles. The van der Waals surface area contributed by atoms with Crippen molar-refractivity contribution < 1.29 is 37.3 Å². The predicted molar refractivity (Wildman–Crippen MR) is 385 cm³/mol. The van der Waals surface area contributed by atoms with E-state index in [0.29, 0.717) is 17.4 Å². The number of unbranched alkanes of at least 4 members (excludes halogenated alkanes) is 47. The van der Waals surface area contributed by atoms with E-state index in [1.165, 1.54) is 276 Å². The summed E-state index contributed by atoms with van der Waals surface area (Å²) in [7, 11) is 1.20. The van der Waals surface area contributed by atoms with Gasteiger partial charge < -0.3 is 28.5 Å². The molecule has 3 unspecified atom stereocenters. The number of rotatable bonds is 71. The number of hydrogen-bond donors (Lipinski definition) is 1. The maximum atomic E-state index is 13.6. The highest BCUT2D eigenvalue weighted by atomic mass is 31.2. The minimum Gasteiger partial charge on any atom is -0.756 e. The number of phosphoric acid groups is 1. The summed E-state index contributed by atoms with van der Waals surface area (Å²) in [5.74, 6) is -0.528. The Morgan fingerprint density at radius 3 is 1.06 bits per heavy atom. The number of esters is 1. The van der Waals surface area contributed by atoms with Crippen molar-refractivity contribution in [2.24, 2.45) is 0 Å². The highest BCUT2D eigenvalue weighted by molar-refractivity contribution is 7.45. The van der Waals surface area contributed by atoms with Crippen molar-refractivity contribution in [3.8, 4) is 0 Å². The molecule has 0 saturated heterocycles. The van der Waals surface area contributed by atoms with Gasteiger partial charge in [0.25, 0.3) is 7.82 Å². The zero-order chi connectivity index (χ0) is 64.9. The van der Waals surface area contributed by atoms with E-state index in [-0.39, 0.29) is 31.5 Å². The van der Waals surface area contributed by atoms with Gasteiger partial charge in [0.2, 0.25) is 5.91 Å². The molecule has 0 bridgehead atoms. The first-order chi connectivity index (χ1) is 43.4. The molecular formula is C79H149N2O7P. The molecule has 0 radical (unpaired) electrons. The molecule has 522 valence electrons. The summed E-state index contributed by atoms with van der Waals surface area (Å²) >= 11 is 0. The fourth-order valence-corrected chi connectivity index (χ4v) is 12.2. The molecule has 0 aliphatic rings. The van der Waals surface area contributed by atoms with Crippen molar-refractivity contribution in [2.75, 3.05) is 40.9 Å². The largest absolute Gasteiger partial charge is 0.756 e. The minimum atomic E-state index is -4.71. The predicted octanol–water partition coefficient (Wildman–Crippen LogP) is 24.3. The number of ether oxygens (including phenoxy) is 1. The van der Waals surface area contributed by atoms with Crippen LogP contribution in [-0.2, 0) is 27.9 Å². The molecule has 9 nitrogen and oxygen atoms in total. The monoisotopic (exact) mass is 1270 g/mol. The van der Waals surface area contributed by atoms with Gasteiger partial charge in [-0.1, -0.05) is 332 Å². The fraction of sp³-hybridized carbons (Fsp3) is 0.848. The van der Waals surface area contributed by atoms with Crippen molar-refractivity contribution in [3.63, 3.8) is 0 Å². The van der Waals surface area contributed by atoms with Crippen LogP contribution in [0.2, 0.25) is 0 Å². The molecule has 0 saturated carbocycles. The van der Waals surface area contributed by atoms with Gasteiger partial charge in [0.05, 0.1) is 33.8 Å². The highest BCUT2D eigenvalue weighted by Gasteiger charge is 2.27. The first-order valence-electron chi connectivity index (χ1n) is 38.6. The first kappa shape index (κ1) is 86.7. The molecule has 0 fully saturated rings. The highest BCUT2D eigenvalue weighted by Crippen LogP contribution is 2.38. The van der Waals surface area contributed by atoms with Crippen LogP contribution in [0.25, 0.3) is 0 Å². The Morgan fingerprint density at radius 1 is 0.393 bits per heavy atom. The van der Waals surface area contributed by atoms with E-state index >= 15 is 0 Å². The Hall–Kier alpha value is -2.29. The number of likely N-dealkylation sites (N-methyl/N-ethyl adjacent to an activating group) is 1. The molecule has 0 rings (SSSR count). The summed E-state index contributed by atoms with van der Waals surface area (Å²) < 4.78 is 30.5. The summed E-state index contributed by atoms with van der Waals surface area (Å²) in [5, 5.41) is 3.06. The lowest BCUT2D eigenvalue weighted by molar-refractivity contribution is -0.870. The van der Waals surface area contributed by atoms with Crippen molar-refractivity contribution in [2.45, 2.75) is 392 Å². The van der Waals surface area contributed by atoms with E-state index in [1.807, 2.05) is 33.3 Å². The van der Waals surface area contributed by atoms with Gasteiger partial charge >= 0.3 is 5.97 Å². The van der Waals surface area contributed by atoms with E-state index in [9.17, 15) is 19.0 Å². The number of quaternary nitrogens is 1. The molecule has 0 spiro atoms. The van der Waals surface area contributed by atoms with Gasteiger partial charge in [0.15, 0.2) is 0 Å². The van der Waals surface area contributed by atoms with Crippen molar-refractivity contribution in [1.82, 2.24) is 5.32 Å². The number of amides is 1. The third kappa shape index (κ3) is 69.9. The SMILES string of the molecule is CCCCC/C=C\C/C=C\C/C=C\CCCCCCCCCCCCC(=O)OC(/C=C\CCCCCCCCCCCCC)C(COP(=O)([O-])OCC[N+](C)(C)C)NC(=O)CCCCCCCCCCCCCCCCCCC/C=C/CCCCCCCC. The zero-order valence-electron chi connectivity index (χ0n) is 59.9. The molecule has 0 aromatic carbocycles. The summed E-state index contributed by atoms with van der Waals surface area (Å²) in [4.78, 5) is 40.3. The Bertz CT molecular complexity index is 1700. The van der Waals surface area contributed by atoms with Crippen molar-refractivity contribution in [3.05, 3.63) is 60.8 Å². The third-order valence-corrected chi connectivity index (χ3v) is 18.4. The van der Waals surface area contributed by atoms with Gasteiger partial charge in [0.1, 0.15) is 19.3 Å². The fourth-order valence-electron chi connectivity index (χ4n) is 11.5. The van der Waals surface area contributed by atoms with Crippen LogP contribution in [0.4, 0.5) is 0 Å². The van der Waals surface area contributed by atoms with Crippen LogP contribution < -0.4 is 10.2 Å². The standard InChI is InChI=1S/C79H149N2O7P/c1-7-10-13-16-19-22-25-28-30-32-34-36-38-39-40-41-43-44-46-48-50-53-56-59-62-65-68-71-78(82)80-76(75-87-89(84,85)86-74-73-81(4,5)6)77(70-67-64-61-58-55-52-27-24-21-18-15-12-9-3)88-79(83)72-69-66-63-60-57-54-51-49-47-45-42-37-35-33-31-29-26-23-20-17-14-11-8-2/h20,23,28-31,35,37,67,70,76-77H,7-19,21-22,24-27,32-34,36,38-66,68-69,71-75H2,1-6H3,(H-,80,82,84,85)/b23-20-,30-28+,31-29-,37-35-,70-67-. The van der Waals surface area contributed by atoms with Crippen LogP contribution in [0.5, 0.6) is 0 Å². The lowest BCUT2D eigenvalue weighted by Crippen LogP contribution is -2.47. The van der Waals surface area contributed by atoms with Gasteiger partial charge in [-0.15, -0.1) is 0 Å². The number of carbonyl (C=O) groups is 2. The van der Waals surface area contributed by atoms with E-state index in [1.54, 1.807) is 0 Å². The third-order valence-electron chi connectivity index (χ3n) is 17.4. The summed E-state index contributed by atoms with van der Waals surface area (Å²) in [6.45, 7) is 6.87. The minimum absolute atomic E-state index is 0.0221. The van der Waals surface area contributed by atoms with E-state index in [2.05, 4.69) is 74.7 Å². The van der Waals surface area contributed by atoms with Crippen LogP contribution >= 0.6 is 7.82 Å². The second-order valence-electron chi connectivity index (χ2n) is 27.5. The van der Waals surface area contributed by atoms with E-state index in [4.69, 9.17) is 13.8 Å². The molecule has 1 amide bonds. The Morgan fingerprint density at radius 2 is 0.685 bits per heavy atom. The summed E-state index contributed by atoms with van der Waals surface area (Å²) in [6, 6.07) is -0.891. The van der Waals surface area contributed by atoms with Gasteiger partial charge in [0, 0.05) is 12.8 Å². The number of hydrogen-bond acceptors (Lipinski definition) is 7. The van der Waals surface area contributed by atoms with Gasteiger partial charge in [-0.2, -0.15) is 0 Å². The molecule has 0 aliphatic heterocycles. The van der Waals surface area contributed by atoms with Crippen molar-refractivity contribution >= 4 is 19.7 Å². The molecule has 3 atom stereocenters. The smallest absolute Gasteiger partial charge is 0.306 e. The van der Waals surface area contributed by atoms with E-state index in [0.717, 1.165) is 70.6 Å². The Labute approximate surface area is 553 Å². The lowest BCUT2D eigenvalue weighted by atomic mass is 10.0. The topological polar surface area (TPSA) is 114 Å². The second kappa shape index (κ2) is 68.6. The average Bonchev–Trinajstić information content (AvgIpc) is 3.57. The van der Waals surface area contributed by atoms with Gasteiger partial charge in [-0.3, -0.25) is 14.2 Å². The van der Waals surface area contributed by atoms with Crippen LogP contribution in [0.3, 0.4) is 0 Å². The Kier molecular flexibility index (Phi) is 66.8. The molecule has 0 aromatic rings. The van der Waals surface area contributed by atoms with Crippen molar-refractivity contribution in [1.29, 1.82) is 0 Å². The average molecular weight is 1270 g/mol. The van der Waals surface area contributed by atoms with Crippen LogP contribution in [0, 0.1) is 0 Å². The first-order valence-corrected chi connectivity index (χ1v) is 40.1. The molecule has 0 aromatic heterocycles. The van der Waals surface area contributed by atoms with Crippen LogP contribution in [0.1, 0.15) is 380 Å². The van der Waals surface area contributed by atoms with E-state index < -0.39 is 20.0 Å². The molecule has 0 aliphatic carbocycles. The summed E-state index contributed by atoms with van der Waals surface area (Å²) in [6.07, 6.45) is 89.3. The molecule has 89 heavy (non-hydrogen) atoms. The van der Waals surface area contributed by atoms with Gasteiger partial charge in [-0.25, -0.2) is 0 Å². The maximum absolute atomic E-state index is 13.6. The normalized spacial score (nSPS) is 13.7. The Balaban J connectivity index is 4.99. The van der Waals surface area contributed by atoms with Gasteiger partial charge in [-0.05, 0) is 96.0 Å². The molecule has 1 N–H and O–H groups in total. The number of allylic oxidation sites excluding steroid dienone is 9. The zero-order valence-corrected chi connectivity index (χ0v) is 60.8. The van der Waals surface area contributed by atoms with Crippen LogP contribution in [0.15, 0.2) is 60.8 Å².